The molecule has 1 heterocycles. The van der Waals surface area contributed by atoms with Crippen LogP contribution in [0, 0.1) is 0 Å². The molecular weight excluding hydrogens is 174 g/mol. The number of aromatic nitrogens is 2. The van der Waals surface area contributed by atoms with Gasteiger partial charge in [0.1, 0.15) is 0 Å². The Morgan fingerprint density at radius 1 is 1.64 bits per heavy atom. The first-order valence-electron chi connectivity index (χ1n) is 5.51. The topological polar surface area (TPSA) is 40.7 Å². The van der Waals surface area contributed by atoms with Gasteiger partial charge in [-0.05, 0) is 32.9 Å². The van der Waals surface area contributed by atoms with E-state index < -0.39 is 0 Å². The van der Waals surface area contributed by atoms with Gasteiger partial charge in [0.2, 0.25) is 0 Å². The van der Waals surface area contributed by atoms with Gasteiger partial charge in [-0.2, -0.15) is 5.10 Å². The molecule has 2 rings (SSSR count). The molecule has 0 aromatic carbocycles. The molecule has 0 bridgehead atoms. The molecule has 0 amide bonds. The van der Waals surface area contributed by atoms with Gasteiger partial charge in [0.25, 0.3) is 0 Å². The molecule has 0 saturated heterocycles. The Hall–Kier alpha value is -0.830. The van der Waals surface area contributed by atoms with Crippen LogP contribution in [0.2, 0.25) is 0 Å². The molecular formula is C11H19N3. The van der Waals surface area contributed by atoms with Gasteiger partial charge >= 0.3 is 0 Å². The molecule has 3 heteroatoms. The fraction of sp³-hybridized carbons (Fsp3) is 0.727. The summed E-state index contributed by atoms with van der Waals surface area (Å²) in [5.41, 5.74) is 2.53. The van der Waals surface area contributed by atoms with Crippen LogP contribution in [-0.4, -0.2) is 23.3 Å². The van der Waals surface area contributed by atoms with Crippen LogP contribution in [0.3, 0.4) is 0 Å². The number of hydrogen-bond donors (Lipinski definition) is 2. The fourth-order valence-corrected chi connectivity index (χ4v) is 1.83. The number of nitrogens with one attached hydrogen (secondary N) is 2. The summed E-state index contributed by atoms with van der Waals surface area (Å²) in [6.45, 7) is 2.18. The van der Waals surface area contributed by atoms with Crippen LogP contribution < -0.4 is 5.32 Å². The van der Waals surface area contributed by atoms with Crippen molar-refractivity contribution >= 4 is 0 Å². The minimum atomic E-state index is 0.518. The minimum Gasteiger partial charge on any atom is -0.317 e. The molecule has 1 saturated carbocycles. The SMILES string of the molecule is CNC(C)Cc1cc(C2CCC2)n[nH]1. The second-order valence-corrected chi connectivity index (χ2v) is 4.34. The van der Waals surface area contributed by atoms with E-state index in [0.717, 1.165) is 12.3 Å². The predicted octanol–water partition coefficient (Wildman–Crippen LogP) is 1.83. The monoisotopic (exact) mass is 193 g/mol. The lowest BCUT2D eigenvalue weighted by molar-refractivity contribution is 0.410. The highest BCUT2D eigenvalue weighted by atomic mass is 15.1. The standard InChI is InChI=1S/C11H19N3/c1-8(12-2)6-10-7-11(14-13-10)9-4-3-5-9/h7-9,12H,3-6H2,1-2H3,(H,13,14). The van der Waals surface area contributed by atoms with Crippen molar-refractivity contribution in [1.82, 2.24) is 15.5 Å². The van der Waals surface area contributed by atoms with Gasteiger partial charge in [0.15, 0.2) is 0 Å². The Morgan fingerprint density at radius 3 is 3.00 bits per heavy atom. The van der Waals surface area contributed by atoms with Gasteiger partial charge in [0, 0.05) is 24.1 Å². The molecule has 1 aromatic rings. The van der Waals surface area contributed by atoms with Crippen molar-refractivity contribution in [3.05, 3.63) is 17.5 Å². The van der Waals surface area contributed by atoms with E-state index in [1.165, 1.54) is 30.7 Å². The lowest BCUT2D eigenvalue weighted by Crippen LogP contribution is -2.23. The van der Waals surface area contributed by atoms with Crippen LogP contribution in [0.25, 0.3) is 0 Å². The van der Waals surface area contributed by atoms with Crippen LogP contribution in [0.5, 0.6) is 0 Å². The second kappa shape index (κ2) is 4.13. The van der Waals surface area contributed by atoms with E-state index in [1.54, 1.807) is 0 Å². The molecule has 1 fully saturated rings. The minimum absolute atomic E-state index is 0.518. The van der Waals surface area contributed by atoms with Crippen LogP contribution >= 0.6 is 0 Å². The number of aromatic amines is 1. The lowest BCUT2D eigenvalue weighted by atomic mass is 9.83. The third-order valence-electron chi connectivity index (χ3n) is 3.19. The summed E-state index contributed by atoms with van der Waals surface area (Å²) in [7, 11) is 1.99. The number of H-pyrrole nitrogens is 1. The van der Waals surface area contributed by atoms with E-state index in [1.807, 2.05) is 7.05 Å². The molecule has 1 aromatic heterocycles. The van der Waals surface area contributed by atoms with Crippen molar-refractivity contribution in [2.75, 3.05) is 7.05 Å². The Balaban J connectivity index is 1.95. The molecule has 0 radical (unpaired) electrons. The molecule has 1 aliphatic carbocycles. The highest BCUT2D eigenvalue weighted by Gasteiger charge is 2.21. The average molecular weight is 193 g/mol. The molecule has 1 atom stereocenters. The number of rotatable bonds is 4. The fourth-order valence-electron chi connectivity index (χ4n) is 1.83. The Morgan fingerprint density at radius 2 is 2.43 bits per heavy atom. The maximum absolute atomic E-state index is 4.37. The van der Waals surface area contributed by atoms with Crippen LogP contribution in [0.4, 0.5) is 0 Å². The summed E-state index contributed by atoms with van der Waals surface area (Å²) in [6, 6.07) is 2.75. The average Bonchev–Trinajstić information content (AvgIpc) is 2.50. The summed E-state index contributed by atoms with van der Waals surface area (Å²) >= 11 is 0. The van der Waals surface area contributed by atoms with E-state index in [2.05, 4.69) is 28.5 Å². The molecule has 14 heavy (non-hydrogen) atoms. The van der Waals surface area contributed by atoms with Gasteiger partial charge in [-0.3, -0.25) is 5.10 Å². The molecule has 1 aliphatic rings. The molecule has 3 nitrogen and oxygen atoms in total. The molecule has 78 valence electrons. The number of nitrogens with zero attached hydrogens (tertiary/aromatic N) is 1. The highest BCUT2D eigenvalue weighted by molar-refractivity contribution is 5.15. The van der Waals surface area contributed by atoms with Crippen molar-refractivity contribution in [2.24, 2.45) is 0 Å². The van der Waals surface area contributed by atoms with Crippen LogP contribution in [0.1, 0.15) is 43.5 Å². The van der Waals surface area contributed by atoms with Gasteiger partial charge in [-0.15, -0.1) is 0 Å². The summed E-state index contributed by atoms with van der Waals surface area (Å²) in [6.07, 6.45) is 5.06. The second-order valence-electron chi connectivity index (χ2n) is 4.34. The van der Waals surface area contributed by atoms with E-state index in [4.69, 9.17) is 0 Å². The molecule has 0 aliphatic heterocycles. The quantitative estimate of drug-likeness (QED) is 0.766. The van der Waals surface area contributed by atoms with Crippen molar-refractivity contribution in [3.8, 4) is 0 Å². The van der Waals surface area contributed by atoms with Crippen molar-refractivity contribution in [1.29, 1.82) is 0 Å². The molecule has 0 spiro atoms. The summed E-state index contributed by atoms with van der Waals surface area (Å²) in [5, 5.41) is 10.7. The van der Waals surface area contributed by atoms with E-state index >= 15 is 0 Å². The summed E-state index contributed by atoms with van der Waals surface area (Å²) in [4.78, 5) is 0. The van der Waals surface area contributed by atoms with Crippen molar-refractivity contribution in [3.63, 3.8) is 0 Å². The first-order valence-corrected chi connectivity index (χ1v) is 5.51. The summed E-state index contributed by atoms with van der Waals surface area (Å²) in [5.74, 6) is 0.741. The first-order chi connectivity index (χ1) is 6.79. The lowest BCUT2D eigenvalue weighted by Gasteiger charge is -2.22. The Bertz CT molecular complexity index is 288. The zero-order chi connectivity index (χ0) is 9.97. The normalized spacial score (nSPS) is 19.3. The Kier molecular flexibility index (Phi) is 2.87. The molecule has 2 N–H and O–H groups in total. The zero-order valence-electron chi connectivity index (χ0n) is 9.01. The van der Waals surface area contributed by atoms with Gasteiger partial charge < -0.3 is 5.32 Å². The largest absolute Gasteiger partial charge is 0.317 e. The highest BCUT2D eigenvalue weighted by Crippen LogP contribution is 2.35. The van der Waals surface area contributed by atoms with Crippen LogP contribution in [-0.2, 0) is 6.42 Å². The predicted molar refractivity (Wildman–Crippen MR) is 57.4 cm³/mol. The summed E-state index contributed by atoms with van der Waals surface area (Å²) < 4.78 is 0. The third-order valence-corrected chi connectivity index (χ3v) is 3.19. The van der Waals surface area contributed by atoms with Gasteiger partial charge in [0.05, 0.1) is 5.69 Å². The first kappa shape index (κ1) is 9.71. The number of hydrogen-bond acceptors (Lipinski definition) is 2. The van der Waals surface area contributed by atoms with Gasteiger partial charge in [-0.1, -0.05) is 6.42 Å². The van der Waals surface area contributed by atoms with Crippen molar-refractivity contribution in [2.45, 2.75) is 44.6 Å². The van der Waals surface area contributed by atoms with Gasteiger partial charge in [-0.25, -0.2) is 0 Å². The Labute approximate surface area is 85.3 Å². The smallest absolute Gasteiger partial charge is 0.0655 e. The maximum Gasteiger partial charge on any atom is 0.0655 e. The number of likely N-dealkylation sites (N-methyl/N-ethyl adjacent to an activating group) is 1. The zero-order valence-corrected chi connectivity index (χ0v) is 9.01. The van der Waals surface area contributed by atoms with E-state index in [-0.39, 0.29) is 0 Å². The maximum atomic E-state index is 4.37. The third kappa shape index (κ3) is 1.98. The van der Waals surface area contributed by atoms with E-state index in [0.29, 0.717) is 6.04 Å². The van der Waals surface area contributed by atoms with Crippen LogP contribution in [0.15, 0.2) is 6.07 Å². The molecule has 1 unspecified atom stereocenters. The van der Waals surface area contributed by atoms with E-state index in [9.17, 15) is 0 Å². The van der Waals surface area contributed by atoms with Crippen molar-refractivity contribution < 1.29 is 0 Å².